The monoisotopic (exact) mass is 373 g/mol. The summed E-state index contributed by atoms with van der Waals surface area (Å²) in [6.07, 6.45) is -0.0713. The Morgan fingerprint density at radius 2 is 1.93 bits per heavy atom. The van der Waals surface area contributed by atoms with Crippen molar-refractivity contribution < 1.29 is 23.8 Å². The minimum atomic E-state index is -1.12. The molecule has 1 amide bonds. The van der Waals surface area contributed by atoms with E-state index in [2.05, 4.69) is 5.32 Å². The second kappa shape index (κ2) is 8.66. The molecule has 5 nitrogen and oxygen atoms in total. The number of ether oxygens (including phenoxy) is 1. The Hall–Kier alpha value is -2.89. The van der Waals surface area contributed by atoms with E-state index in [4.69, 9.17) is 4.74 Å². The van der Waals surface area contributed by atoms with E-state index in [9.17, 15) is 19.1 Å². The predicted molar refractivity (Wildman–Crippen MR) is 100 cm³/mol. The lowest BCUT2D eigenvalue weighted by molar-refractivity contribution is -0.139. The molecule has 0 aliphatic heterocycles. The quantitative estimate of drug-likeness (QED) is 0.742. The van der Waals surface area contributed by atoms with Gasteiger partial charge in [0.05, 0.1) is 19.1 Å². The van der Waals surface area contributed by atoms with E-state index in [1.54, 1.807) is 56.3 Å². The van der Waals surface area contributed by atoms with E-state index in [1.165, 1.54) is 13.2 Å². The van der Waals surface area contributed by atoms with Gasteiger partial charge in [0.15, 0.2) is 0 Å². The molecule has 2 N–H and O–H groups in total. The lowest BCUT2D eigenvalue weighted by Gasteiger charge is -2.31. The largest absolute Gasteiger partial charge is 0.497 e. The summed E-state index contributed by atoms with van der Waals surface area (Å²) < 4.78 is 19.0. The Morgan fingerprint density at radius 3 is 2.56 bits per heavy atom. The summed E-state index contributed by atoms with van der Waals surface area (Å²) in [5.74, 6) is -1.70. The predicted octanol–water partition coefficient (Wildman–Crippen LogP) is 3.52. The molecular formula is C21H24FNO4. The van der Waals surface area contributed by atoms with Crippen LogP contribution >= 0.6 is 0 Å². The van der Waals surface area contributed by atoms with Crippen molar-refractivity contribution in [2.45, 2.75) is 32.2 Å². The Balaban J connectivity index is 2.22. The second-order valence-corrected chi connectivity index (χ2v) is 6.82. The van der Waals surface area contributed by atoms with Crippen LogP contribution in [0.5, 0.6) is 5.75 Å². The van der Waals surface area contributed by atoms with Crippen LogP contribution in [0.25, 0.3) is 0 Å². The number of hydrogen-bond acceptors (Lipinski definition) is 3. The topological polar surface area (TPSA) is 75.6 Å². The van der Waals surface area contributed by atoms with Gasteiger partial charge in [-0.3, -0.25) is 9.59 Å². The fraction of sp³-hybridized carbons (Fsp3) is 0.333. The molecule has 2 unspecified atom stereocenters. The third kappa shape index (κ3) is 5.29. The Bertz CT molecular complexity index is 823. The van der Waals surface area contributed by atoms with E-state index in [1.807, 2.05) is 0 Å². The summed E-state index contributed by atoms with van der Waals surface area (Å²) in [5, 5.41) is 12.2. The number of rotatable bonds is 8. The van der Waals surface area contributed by atoms with Gasteiger partial charge in [-0.15, -0.1) is 0 Å². The zero-order chi connectivity index (χ0) is 20.0. The molecule has 0 aliphatic carbocycles. The number of carbonyl (C=O) groups is 2. The summed E-state index contributed by atoms with van der Waals surface area (Å²) in [5.41, 5.74) is -0.0572. The van der Waals surface area contributed by atoms with Crippen LogP contribution in [-0.4, -0.2) is 24.1 Å². The summed E-state index contributed by atoms with van der Waals surface area (Å²) >= 11 is 0. The van der Waals surface area contributed by atoms with E-state index < -0.39 is 17.4 Å². The molecule has 0 heterocycles. The molecule has 0 saturated heterocycles. The van der Waals surface area contributed by atoms with Crippen LogP contribution in [-0.2, 0) is 21.5 Å². The van der Waals surface area contributed by atoms with Gasteiger partial charge in [-0.2, -0.15) is 0 Å². The highest BCUT2D eigenvalue weighted by molar-refractivity contribution is 5.81. The first kappa shape index (κ1) is 20.4. The fourth-order valence-electron chi connectivity index (χ4n) is 2.97. The molecule has 0 saturated carbocycles. The number of amides is 1. The SMILES string of the molecule is COc1cccc(C(C)(CC(=O)O)NC(=O)C(C)Cc2ccccc2F)c1. The van der Waals surface area contributed by atoms with Crippen molar-refractivity contribution in [3.63, 3.8) is 0 Å². The van der Waals surface area contributed by atoms with Crippen LogP contribution < -0.4 is 10.1 Å². The molecule has 2 aromatic carbocycles. The maximum Gasteiger partial charge on any atom is 0.306 e. The number of hydrogen-bond donors (Lipinski definition) is 2. The van der Waals surface area contributed by atoms with Crippen molar-refractivity contribution >= 4 is 11.9 Å². The van der Waals surface area contributed by atoms with Crippen LogP contribution in [0.1, 0.15) is 31.4 Å². The van der Waals surface area contributed by atoms with Gasteiger partial charge in [0.25, 0.3) is 0 Å². The van der Waals surface area contributed by atoms with Gasteiger partial charge in [0.2, 0.25) is 5.91 Å². The molecular weight excluding hydrogens is 349 g/mol. The maximum atomic E-state index is 13.8. The van der Waals surface area contributed by atoms with Crippen LogP contribution in [0.2, 0.25) is 0 Å². The maximum absolute atomic E-state index is 13.8. The highest BCUT2D eigenvalue weighted by Crippen LogP contribution is 2.28. The third-order valence-corrected chi connectivity index (χ3v) is 4.54. The van der Waals surface area contributed by atoms with Crippen molar-refractivity contribution in [1.29, 1.82) is 0 Å². The average molecular weight is 373 g/mol. The van der Waals surface area contributed by atoms with E-state index in [-0.39, 0.29) is 24.6 Å². The van der Waals surface area contributed by atoms with Gasteiger partial charge in [-0.25, -0.2) is 4.39 Å². The molecule has 2 atom stereocenters. The van der Waals surface area contributed by atoms with Gasteiger partial charge in [-0.05, 0) is 42.7 Å². The number of aliphatic carboxylic acids is 1. The standard InChI is InChI=1S/C21H24FNO4/c1-14(11-15-7-4-5-10-18(15)22)20(26)23-21(2,13-19(24)25)16-8-6-9-17(12-16)27-3/h4-10,12,14H,11,13H2,1-3H3,(H,23,26)(H,24,25). The van der Waals surface area contributed by atoms with Crippen LogP contribution in [0, 0.1) is 11.7 Å². The Labute approximate surface area is 158 Å². The number of nitrogens with one attached hydrogen (secondary N) is 1. The molecule has 0 aliphatic rings. The molecule has 0 bridgehead atoms. The molecule has 0 fully saturated rings. The van der Waals surface area contributed by atoms with Crippen molar-refractivity contribution in [2.24, 2.45) is 5.92 Å². The van der Waals surface area contributed by atoms with Crippen molar-refractivity contribution in [3.05, 3.63) is 65.5 Å². The highest BCUT2D eigenvalue weighted by Gasteiger charge is 2.33. The molecule has 2 aromatic rings. The first-order chi connectivity index (χ1) is 12.7. The summed E-state index contributed by atoms with van der Waals surface area (Å²) in [7, 11) is 1.52. The number of carboxylic acids is 1. The molecule has 27 heavy (non-hydrogen) atoms. The first-order valence-corrected chi connectivity index (χ1v) is 8.67. The lowest BCUT2D eigenvalue weighted by atomic mass is 9.87. The van der Waals surface area contributed by atoms with Crippen molar-refractivity contribution in [2.75, 3.05) is 7.11 Å². The van der Waals surface area contributed by atoms with Crippen LogP contribution in [0.15, 0.2) is 48.5 Å². The van der Waals surface area contributed by atoms with Crippen LogP contribution in [0.3, 0.4) is 0 Å². The zero-order valence-electron chi connectivity index (χ0n) is 15.7. The number of halogens is 1. The molecule has 144 valence electrons. The zero-order valence-corrected chi connectivity index (χ0v) is 15.7. The van der Waals surface area contributed by atoms with Crippen molar-refractivity contribution in [3.8, 4) is 5.75 Å². The number of carboxylic acid groups (broad SMARTS) is 1. The lowest BCUT2D eigenvalue weighted by Crippen LogP contribution is -2.47. The summed E-state index contributed by atoms with van der Waals surface area (Å²) in [4.78, 5) is 24.1. The Kier molecular flexibility index (Phi) is 6.55. The summed E-state index contributed by atoms with van der Waals surface area (Å²) in [6, 6.07) is 13.2. The number of carbonyl (C=O) groups excluding carboxylic acids is 1. The van der Waals surface area contributed by atoms with E-state index >= 15 is 0 Å². The molecule has 0 radical (unpaired) electrons. The van der Waals surface area contributed by atoms with Gasteiger partial charge < -0.3 is 15.2 Å². The fourth-order valence-corrected chi connectivity index (χ4v) is 2.97. The van der Waals surface area contributed by atoms with E-state index in [0.29, 0.717) is 16.9 Å². The van der Waals surface area contributed by atoms with Gasteiger partial charge in [0, 0.05) is 5.92 Å². The third-order valence-electron chi connectivity index (χ3n) is 4.54. The average Bonchev–Trinajstić information content (AvgIpc) is 2.62. The number of benzene rings is 2. The summed E-state index contributed by atoms with van der Waals surface area (Å²) in [6.45, 7) is 3.35. The van der Waals surface area contributed by atoms with E-state index in [0.717, 1.165) is 0 Å². The number of methoxy groups -OCH3 is 1. The van der Waals surface area contributed by atoms with Gasteiger partial charge in [0.1, 0.15) is 11.6 Å². The first-order valence-electron chi connectivity index (χ1n) is 8.67. The second-order valence-electron chi connectivity index (χ2n) is 6.82. The Morgan fingerprint density at radius 1 is 1.22 bits per heavy atom. The minimum absolute atomic E-state index is 0.222. The highest BCUT2D eigenvalue weighted by atomic mass is 19.1. The normalized spacial score (nSPS) is 14.1. The molecule has 2 rings (SSSR count). The van der Waals surface area contributed by atoms with Crippen molar-refractivity contribution in [1.82, 2.24) is 5.32 Å². The molecule has 0 aromatic heterocycles. The smallest absolute Gasteiger partial charge is 0.306 e. The minimum Gasteiger partial charge on any atom is -0.497 e. The van der Waals surface area contributed by atoms with Crippen LogP contribution in [0.4, 0.5) is 4.39 Å². The van der Waals surface area contributed by atoms with Gasteiger partial charge in [-0.1, -0.05) is 37.3 Å². The molecule has 0 spiro atoms. The molecule has 6 heteroatoms. The van der Waals surface area contributed by atoms with Gasteiger partial charge >= 0.3 is 5.97 Å².